The van der Waals surface area contributed by atoms with Crippen LogP contribution in [0.5, 0.6) is 0 Å². The van der Waals surface area contributed by atoms with Crippen LogP contribution in [0, 0.1) is 5.82 Å². The van der Waals surface area contributed by atoms with Gasteiger partial charge in [0.2, 0.25) is 10.0 Å². The molecule has 2 aromatic rings. The van der Waals surface area contributed by atoms with E-state index in [4.69, 9.17) is 17.3 Å². The van der Waals surface area contributed by atoms with Crippen LogP contribution < -0.4 is 11.1 Å². The van der Waals surface area contributed by atoms with Gasteiger partial charge >= 0.3 is 0 Å². The molecule has 35 heavy (non-hydrogen) atoms. The first kappa shape index (κ1) is 25.6. The van der Waals surface area contributed by atoms with E-state index in [2.05, 4.69) is 5.32 Å². The molecule has 1 saturated carbocycles. The zero-order chi connectivity index (χ0) is 25.2. The van der Waals surface area contributed by atoms with E-state index in [1.54, 1.807) is 12.1 Å². The minimum absolute atomic E-state index is 0.0394. The van der Waals surface area contributed by atoms with Crippen molar-refractivity contribution in [3.8, 4) is 0 Å². The molecule has 1 heterocycles. The van der Waals surface area contributed by atoms with Crippen molar-refractivity contribution in [1.82, 2.24) is 14.5 Å². The molecule has 0 radical (unpaired) electrons. The van der Waals surface area contributed by atoms with Gasteiger partial charge in [-0.2, -0.15) is 4.31 Å². The van der Waals surface area contributed by atoms with Crippen LogP contribution in [0.15, 0.2) is 53.4 Å². The number of rotatable bonds is 5. The molecular weight excluding hydrogens is 495 g/mol. The largest absolute Gasteiger partial charge is 0.350 e. The van der Waals surface area contributed by atoms with E-state index in [0.29, 0.717) is 24.3 Å². The Morgan fingerprint density at radius 1 is 0.971 bits per heavy atom. The zero-order valence-electron chi connectivity index (χ0n) is 19.1. The van der Waals surface area contributed by atoms with Gasteiger partial charge in [-0.3, -0.25) is 9.59 Å². The van der Waals surface area contributed by atoms with Crippen LogP contribution in [-0.4, -0.2) is 60.8 Å². The third-order valence-corrected chi connectivity index (χ3v) is 8.59. The number of hydrogen-bond donors (Lipinski definition) is 2. The summed E-state index contributed by atoms with van der Waals surface area (Å²) in [7, 11) is -4.21. The molecule has 2 aromatic carbocycles. The first-order valence-electron chi connectivity index (χ1n) is 11.6. The van der Waals surface area contributed by atoms with Crippen molar-refractivity contribution in [1.29, 1.82) is 0 Å². The molecular formula is C24H28ClFN4O4S. The smallest absolute Gasteiger partial charge is 0.259 e. The summed E-state index contributed by atoms with van der Waals surface area (Å²) in [6.45, 7) is 0.238. The molecule has 2 amide bonds. The van der Waals surface area contributed by atoms with Crippen LogP contribution >= 0.6 is 11.6 Å². The fourth-order valence-electron chi connectivity index (χ4n) is 4.57. The quantitative estimate of drug-likeness (QED) is 0.627. The lowest BCUT2D eigenvalue weighted by Crippen LogP contribution is -2.64. The molecule has 1 unspecified atom stereocenters. The summed E-state index contributed by atoms with van der Waals surface area (Å²) in [5.41, 5.74) is 6.26. The van der Waals surface area contributed by atoms with Gasteiger partial charge in [-0.15, -0.1) is 0 Å². The van der Waals surface area contributed by atoms with Crippen molar-refractivity contribution >= 4 is 33.4 Å². The highest BCUT2D eigenvalue weighted by Crippen LogP contribution is 2.27. The summed E-state index contributed by atoms with van der Waals surface area (Å²) >= 11 is 5.95. The molecule has 8 nitrogen and oxygen atoms in total. The Labute approximate surface area is 209 Å². The molecule has 2 aliphatic rings. The molecule has 0 aromatic heterocycles. The van der Waals surface area contributed by atoms with Crippen molar-refractivity contribution in [3.63, 3.8) is 0 Å². The number of benzene rings is 2. The van der Waals surface area contributed by atoms with Gasteiger partial charge in [0.15, 0.2) is 6.17 Å². The summed E-state index contributed by atoms with van der Waals surface area (Å²) in [5.74, 6) is -1.63. The Bertz CT molecular complexity index is 1170. The zero-order valence-corrected chi connectivity index (χ0v) is 20.6. The summed E-state index contributed by atoms with van der Waals surface area (Å²) in [6, 6.07) is 10.5. The molecule has 1 atom stereocenters. The summed E-state index contributed by atoms with van der Waals surface area (Å²) in [4.78, 5) is 28.1. The van der Waals surface area contributed by atoms with Crippen LogP contribution in [0.4, 0.5) is 4.39 Å². The summed E-state index contributed by atoms with van der Waals surface area (Å²) in [5, 5.41) is 3.39. The van der Waals surface area contributed by atoms with E-state index in [0.717, 1.165) is 41.4 Å². The normalized spacial score (nSPS) is 23.6. The van der Waals surface area contributed by atoms with Gasteiger partial charge in [-0.1, -0.05) is 11.6 Å². The Morgan fingerprint density at radius 3 is 2.23 bits per heavy atom. The van der Waals surface area contributed by atoms with Gasteiger partial charge in [-0.05, 0) is 80.6 Å². The van der Waals surface area contributed by atoms with E-state index in [9.17, 15) is 22.4 Å². The number of hydrogen-bond acceptors (Lipinski definition) is 5. The average Bonchev–Trinajstić information content (AvgIpc) is 2.85. The Balaban J connectivity index is 1.68. The number of nitrogens with one attached hydrogen (secondary N) is 1. The van der Waals surface area contributed by atoms with Gasteiger partial charge in [-0.25, -0.2) is 12.8 Å². The lowest BCUT2D eigenvalue weighted by molar-refractivity contribution is -0.132. The number of carbonyl (C=O) groups excluding carboxylic acids is 2. The number of halogens is 2. The topological polar surface area (TPSA) is 113 Å². The minimum Gasteiger partial charge on any atom is -0.350 e. The van der Waals surface area contributed by atoms with Crippen LogP contribution in [-0.2, 0) is 14.8 Å². The first-order chi connectivity index (χ1) is 16.7. The molecule has 11 heteroatoms. The predicted molar refractivity (Wildman–Crippen MR) is 130 cm³/mol. The maximum atomic E-state index is 13.6. The van der Waals surface area contributed by atoms with Crippen molar-refractivity contribution in [2.24, 2.45) is 5.73 Å². The molecule has 3 N–H and O–H groups in total. The second-order valence-electron chi connectivity index (χ2n) is 8.92. The molecule has 1 saturated heterocycles. The lowest BCUT2D eigenvalue weighted by Gasteiger charge is -2.42. The van der Waals surface area contributed by atoms with Gasteiger partial charge in [0, 0.05) is 35.8 Å². The Morgan fingerprint density at radius 2 is 1.60 bits per heavy atom. The Kier molecular flexibility index (Phi) is 7.75. The second-order valence-corrected chi connectivity index (χ2v) is 11.2. The lowest BCUT2D eigenvalue weighted by atomic mass is 9.92. The van der Waals surface area contributed by atoms with E-state index < -0.39 is 33.8 Å². The number of nitrogens with zero attached hydrogens (tertiary/aromatic N) is 2. The molecule has 2 fully saturated rings. The van der Waals surface area contributed by atoms with Gasteiger partial charge in [0.25, 0.3) is 11.8 Å². The summed E-state index contributed by atoms with van der Waals surface area (Å²) < 4.78 is 41.6. The molecule has 0 bridgehead atoms. The van der Waals surface area contributed by atoms with Crippen molar-refractivity contribution in [2.45, 2.75) is 55.2 Å². The summed E-state index contributed by atoms with van der Waals surface area (Å²) in [6.07, 6.45) is 1.80. The van der Waals surface area contributed by atoms with Crippen molar-refractivity contribution < 1.29 is 22.4 Å². The monoisotopic (exact) mass is 522 g/mol. The van der Waals surface area contributed by atoms with Crippen LogP contribution in [0.3, 0.4) is 0 Å². The third-order valence-electron chi connectivity index (χ3n) is 6.47. The first-order valence-corrected chi connectivity index (χ1v) is 13.4. The maximum Gasteiger partial charge on any atom is 0.259 e. The fourth-order valence-corrected chi connectivity index (χ4v) is 6.29. The second kappa shape index (κ2) is 10.6. The number of sulfonamides is 1. The molecule has 1 aliphatic heterocycles. The third kappa shape index (κ3) is 5.66. The average molecular weight is 523 g/mol. The fraction of sp³-hybridized carbons (Fsp3) is 0.417. The predicted octanol–water partition coefficient (Wildman–Crippen LogP) is 2.73. The molecule has 188 valence electrons. The van der Waals surface area contributed by atoms with Crippen LogP contribution in [0.25, 0.3) is 0 Å². The van der Waals surface area contributed by atoms with E-state index in [1.807, 2.05) is 0 Å². The van der Waals surface area contributed by atoms with E-state index in [-0.39, 0.29) is 35.6 Å². The van der Waals surface area contributed by atoms with Gasteiger partial charge in [0.05, 0.1) is 4.90 Å². The molecule has 0 spiro atoms. The van der Waals surface area contributed by atoms with Crippen molar-refractivity contribution in [2.75, 3.05) is 13.1 Å². The molecule has 4 rings (SSSR count). The maximum absolute atomic E-state index is 13.6. The highest BCUT2D eigenvalue weighted by molar-refractivity contribution is 7.89. The highest BCUT2D eigenvalue weighted by Gasteiger charge is 2.44. The van der Waals surface area contributed by atoms with Crippen LogP contribution in [0.2, 0.25) is 5.02 Å². The number of amides is 2. The molecule has 1 aliphatic carbocycles. The van der Waals surface area contributed by atoms with Crippen LogP contribution in [0.1, 0.15) is 42.5 Å². The number of carbonyl (C=O) groups is 2. The van der Waals surface area contributed by atoms with Gasteiger partial charge < -0.3 is 16.0 Å². The minimum atomic E-state index is -4.21. The van der Waals surface area contributed by atoms with Crippen molar-refractivity contribution in [3.05, 3.63) is 64.9 Å². The number of nitrogens with two attached hydrogens (primary N) is 1. The van der Waals surface area contributed by atoms with E-state index >= 15 is 0 Å². The SMILES string of the molecule is NC1CCC(NC(=O)C2N(C(=O)c3ccc(Cl)cc3)CCCN2S(=O)(=O)c2ccc(F)cc2)CC1. The van der Waals surface area contributed by atoms with E-state index in [1.165, 1.54) is 17.0 Å². The Hall–Kier alpha value is -2.53. The van der Waals surface area contributed by atoms with Gasteiger partial charge in [0.1, 0.15) is 5.82 Å². The standard InChI is InChI=1S/C24H28ClFN4O4S/c25-17-4-2-16(3-5-17)24(32)29-14-1-15-30(35(33,34)21-12-6-18(26)7-13-21)23(29)22(31)28-20-10-8-19(27)9-11-20/h2-7,12-13,19-20,23H,1,8-11,14-15,27H2,(H,28,31). The highest BCUT2D eigenvalue weighted by atomic mass is 35.5.